The van der Waals surface area contributed by atoms with E-state index in [0.717, 1.165) is 38.9 Å². The summed E-state index contributed by atoms with van der Waals surface area (Å²) in [6.45, 7) is 7.59. The number of nitrogens with zero attached hydrogens (tertiary/aromatic N) is 6. The minimum absolute atomic E-state index is 0.0751. The van der Waals surface area contributed by atoms with Gasteiger partial charge in [-0.05, 0) is 60.4 Å². The minimum Gasteiger partial charge on any atom is -0.293 e. The molecule has 39 heavy (non-hydrogen) atoms. The second-order valence-corrected chi connectivity index (χ2v) is 11.8. The predicted octanol–water partition coefficient (Wildman–Crippen LogP) is 5.27. The number of hydrogen-bond acceptors (Lipinski definition) is 4. The molecule has 3 heterocycles. The molecule has 0 spiro atoms. The maximum atomic E-state index is 13.4. The van der Waals surface area contributed by atoms with Crippen LogP contribution in [0, 0.1) is 18.7 Å². The van der Waals surface area contributed by atoms with E-state index in [1.165, 1.54) is 24.5 Å². The van der Waals surface area contributed by atoms with Crippen molar-refractivity contribution in [1.82, 2.24) is 28.8 Å². The van der Waals surface area contributed by atoms with Crippen molar-refractivity contribution in [2.45, 2.75) is 44.4 Å². The van der Waals surface area contributed by atoms with Crippen LogP contribution in [-0.4, -0.2) is 65.3 Å². The molecule has 7 nitrogen and oxygen atoms in total. The molecule has 2 unspecified atom stereocenters. The van der Waals surface area contributed by atoms with Gasteiger partial charge >= 0.3 is 6.18 Å². The molecule has 2 atom stereocenters. The molecule has 0 radical (unpaired) electrons. The van der Waals surface area contributed by atoms with E-state index in [9.17, 15) is 21.8 Å². The molecular formula is C27H30F4N6OS. The lowest BCUT2D eigenvalue weighted by molar-refractivity contribution is -0.142. The molecule has 2 aromatic heterocycles. The normalized spacial score (nSPS) is 18.3. The average molecular weight is 563 g/mol. The number of benzene rings is 2. The van der Waals surface area contributed by atoms with Gasteiger partial charge in [0.2, 0.25) is 0 Å². The van der Waals surface area contributed by atoms with Crippen LogP contribution in [0.15, 0.2) is 59.9 Å². The monoisotopic (exact) mass is 562 g/mol. The standard InChI is InChI=1S/C27H30F4N6OS/c1-18(2)14-34-8-9-36(39(38)23-13-32-35(15-23)17-27(29,30)31)16-26(34)24-11-20-12-33-37(25(20)10-19(24)3)22-6-4-21(28)5-7-22/h4-7,10-13,15,18,26H,8-9,14,16-17H2,1-3H3. The first-order valence-electron chi connectivity index (χ1n) is 12.7. The molecule has 4 aromatic rings. The number of piperazine rings is 1. The Kier molecular flexibility index (Phi) is 7.62. The van der Waals surface area contributed by atoms with Crippen molar-refractivity contribution in [3.05, 3.63) is 71.9 Å². The summed E-state index contributed by atoms with van der Waals surface area (Å²) >= 11 is 0. The topological polar surface area (TPSA) is 59.2 Å². The van der Waals surface area contributed by atoms with Crippen molar-refractivity contribution in [1.29, 1.82) is 0 Å². The van der Waals surface area contributed by atoms with Crippen LogP contribution >= 0.6 is 0 Å². The van der Waals surface area contributed by atoms with Crippen LogP contribution in [0.25, 0.3) is 16.6 Å². The first-order valence-corrected chi connectivity index (χ1v) is 13.8. The second kappa shape index (κ2) is 10.8. The smallest absolute Gasteiger partial charge is 0.293 e. The Morgan fingerprint density at radius 2 is 1.82 bits per heavy atom. The highest BCUT2D eigenvalue weighted by molar-refractivity contribution is 7.82. The first kappa shape index (κ1) is 27.5. The second-order valence-electron chi connectivity index (χ2n) is 10.3. The van der Waals surface area contributed by atoms with E-state index >= 15 is 0 Å². The molecule has 0 saturated carbocycles. The van der Waals surface area contributed by atoms with E-state index in [-0.39, 0.29) is 16.8 Å². The highest BCUT2D eigenvalue weighted by atomic mass is 32.2. The fraction of sp³-hybridized carbons (Fsp3) is 0.407. The molecule has 0 amide bonds. The largest absolute Gasteiger partial charge is 0.408 e. The molecule has 1 aliphatic heterocycles. The first-order chi connectivity index (χ1) is 18.5. The van der Waals surface area contributed by atoms with Crippen molar-refractivity contribution >= 4 is 21.9 Å². The highest BCUT2D eigenvalue weighted by Crippen LogP contribution is 2.33. The number of alkyl halides is 3. The van der Waals surface area contributed by atoms with Crippen molar-refractivity contribution in [2.24, 2.45) is 5.92 Å². The zero-order chi connectivity index (χ0) is 27.9. The van der Waals surface area contributed by atoms with Crippen molar-refractivity contribution in [2.75, 3.05) is 26.2 Å². The molecule has 0 aliphatic carbocycles. The van der Waals surface area contributed by atoms with Gasteiger partial charge in [0, 0.05) is 43.8 Å². The van der Waals surface area contributed by atoms with Crippen molar-refractivity contribution < 1.29 is 21.8 Å². The zero-order valence-corrected chi connectivity index (χ0v) is 22.7. The Morgan fingerprint density at radius 3 is 2.51 bits per heavy atom. The van der Waals surface area contributed by atoms with Gasteiger partial charge in [-0.1, -0.05) is 13.8 Å². The van der Waals surface area contributed by atoms with E-state index in [2.05, 4.69) is 41.1 Å². The van der Waals surface area contributed by atoms with E-state index in [1.807, 2.05) is 11.2 Å². The maximum absolute atomic E-state index is 13.4. The van der Waals surface area contributed by atoms with Crippen LogP contribution in [0.3, 0.4) is 0 Å². The molecule has 12 heteroatoms. The molecule has 1 saturated heterocycles. The van der Waals surface area contributed by atoms with Gasteiger partial charge in [-0.2, -0.15) is 23.4 Å². The number of aromatic nitrogens is 4. The fourth-order valence-corrected chi connectivity index (χ4v) is 6.30. The van der Waals surface area contributed by atoms with Gasteiger partial charge in [-0.15, -0.1) is 0 Å². The lowest BCUT2D eigenvalue weighted by Gasteiger charge is -2.42. The molecule has 0 N–H and O–H groups in total. The van der Waals surface area contributed by atoms with Gasteiger partial charge in [-0.25, -0.2) is 17.6 Å². The van der Waals surface area contributed by atoms with Gasteiger partial charge in [-0.3, -0.25) is 9.58 Å². The zero-order valence-electron chi connectivity index (χ0n) is 21.9. The summed E-state index contributed by atoms with van der Waals surface area (Å²) in [6.07, 6.45) is -0.167. The summed E-state index contributed by atoms with van der Waals surface area (Å²) in [6, 6.07) is 10.2. The van der Waals surface area contributed by atoms with Crippen molar-refractivity contribution in [3.63, 3.8) is 0 Å². The predicted molar refractivity (Wildman–Crippen MR) is 141 cm³/mol. The minimum atomic E-state index is -4.40. The Balaban J connectivity index is 1.44. The Morgan fingerprint density at radius 1 is 1.08 bits per heavy atom. The summed E-state index contributed by atoms with van der Waals surface area (Å²) in [4.78, 5) is 2.63. The molecule has 2 aromatic carbocycles. The molecular weight excluding hydrogens is 532 g/mol. The Labute approximate surface area is 226 Å². The number of rotatable bonds is 7. The van der Waals surface area contributed by atoms with Crippen LogP contribution in [0.1, 0.15) is 31.0 Å². The van der Waals surface area contributed by atoms with Gasteiger partial charge in [0.1, 0.15) is 23.3 Å². The van der Waals surface area contributed by atoms with E-state index in [4.69, 9.17) is 0 Å². The number of halogens is 4. The molecule has 1 fully saturated rings. The molecule has 5 rings (SSSR count). The Bertz CT molecular complexity index is 1480. The van der Waals surface area contributed by atoms with Crippen molar-refractivity contribution in [3.8, 4) is 5.69 Å². The van der Waals surface area contributed by atoms with Gasteiger partial charge in [0.25, 0.3) is 0 Å². The van der Waals surface area contributed by atoms with Crippen LogP contribution in [-0.2, 0) is 17.5 Å². The quantitative estimate of drug-likeness (QED) is 0.288. The van der Waals surface area contributed by atoms with E-state index in [1.54, 1.807) is 23.0 Å². The fourth-order valence-electron chi connectivity index (χ4n) is 5.13. The van der Waals surface area contributed by atoms with Gasteiger partial charge in [0.05, 0.1) is 28.5 Å². The van der Waals surface area contributed by atoms with Crippen LogP contribution in [0.2, 0.25) is 0 Å². The third kappa shape index (κ3) is 6.07. The van der Waals surface area contributed by atoms with Crippen LogP contribution < -0.4 is 0 Å². The number of fused-ring (bicyclic) bond motifs is 1. The lowest BCUT2D eigenvalue weighted by atomic mass is 9.96. The summed E-state index contributed by atoms with van der Waals surface area (Å²) in [5.74, 6) is 0.0984. The van der Waals surface area contributed by atoms with Gasteiger partial charge < -0.3 is 0 Å². The SMILES string of the molecule is Cc1cc2c(cnn2-c2ccc(F)cc2)cc1C1CN(S(=O)c2cnn(CC(F)(F)F)c2)CCN1CC(C)C. The van der Waals surface area contributed by atoms with E-state index in [0.29, 0.717) is 25.6 Å². The van der Waals surface area contributed by atoms with Crippen LogP contribution in [0.4, 0.5) is 17.6 Å². The maximum Gasteiger partial charge on any atom is 0.408 e. The number of aryl methyl sites for hydroxylation is 1. The molecule has 208 valence electrons. The summed E-state index contributed by atoms with van der Waals surface area (Å²) in [5, 5.41) is 9.23. The summed E-state index contributed by atoms with van der Waals surface area (Å²) in [5.41, 5.74) is 3.77. The third-order valence-electron chi connectivity index (χ3n) is 6.83. The Hall–Kier alpha value is -3.09. The van der Waals surface area contributed by atoms with Crippen LogP contribution in [0.5, 0.6) is 0 Å². The van der Waals surface area contributed by atoms with E-state index < -0.39 is 23.7 Å². The molecule has 0 bridgehead atoms. The average Bonchev–Trinajstić information content (AvgIpc) is 3.49. The molecule has 1 aliphatic rings. The van der Waals surface area contributed by atoms with Gasteiger partial charge in [0.15, 0.2) is 0 Å². The summed E-state index contributed by atoms with van der Waals surface area (Å²) < 4.78 is 69.6. The third-order valence-corrected chi connectivity index (χ3v) is 8.24. The lowest BCUT2D eigenvalue weighted by Crippen LogP contribution is -2.49. The summed E-state index contributed by atoms with van der Waals surface area (Å²) in [7, 11) is -1.65. The highest BCUT2D eigenvalue weighted by Gasteiger charge is 2.34. The number of hydrogen-bond donors (Lipinski definition) is 0.